The van der Waals surface area contributed by atoms with Crippen molar-refractivity contribution in [1.82, 2.24) is 14.9 Å². The predicted molar refractivity (Wildman–Crippen MR) is 59.4 cm³/mol. The minimum Gasteiger partial charge on any atom is -0.376 e. The van der Waals surface area contributed by atoms with Gasteiger partial charge in [-0.2, -0.15) is 0 Å². The maximum absolute atomic E-state index is 13.6. The third-order valence-electron chi connectivity index (χ3n) is 2.83. The number of hydrogen-bond donors (Lipinski definition) is 1. The number of nitrogens with one attached hydrogen (secondary N) is 1. The summed E-state index contributed by atoms with van der Waals surface area (Å²) in [6.45, 7) is 0.647. The summed E-state index contributed by atoms with van der Waals surface area (Å²) >= 11 is 1.63. The minimum atomic E-state index is -0.916. The minimum absolute atomic E-state index is 0.0416. The smallest absolute Gasteiger partial charge is 0.146 e. The summed E-state index contributed by atoms with van der Waals surface area (Å²) < 4.78 is 18.8. The second kappa shape index (κ2) is 4.10. The van der Waals surface area contributed by atoms with Crippen LogP contribution in [-0.2, 0) is 4.74 Å². The van der Waals surface area contributed by atoms with E-state index in [2.05, 4.69) is 9.97 Å². The van der Waals surface area contributed by atoms with Crippen molar-refractivity contribution in [2.24, 2.45) is 0 Å². The standard InChI is InChI=1S/C10H12FN3OS/c11-7-5-15-6-8(7)14-3-4-16-10(14)9-12-1-2-13-9/h1-4,7-8,10H,5-6H2,(H,12,13)/t7-,8+,10?/m1/s1. The average Bonchev–Trinajstić information content (AvgIpc) is 2.95. The second-order valence-electron chi connectivity index (χ2n) is 3.82. The molecule has 0 saturated carbocycles. The van der Waals surface area contributed by atoms with Crippen LogP contribution in [0, 0.1) is 0 Å². The molecule has 1 saturated heterocycles. The number of rotatable bonds is 2. The number of H-pyrrole nitrogens is 1. The first-order chi connectivity index (χ1) is 7.86. The Morgan fingerprint density at radius 2 is 2.50 bits per heavy atom. The Morgan fingerprint density at radius 3 is 3.19 bits per heavy atom. The van der Waals surface area contributed by atoms with Crippen molar-refractivity contribution in [1.29, 1.82) is 0 Å². The lowest BCUT2D eigenvalue weighted by atomic mass is 10.2. The van der Waals surface area contributed by atoms with Crippen molar-refractivity contribution in [2.45, 2.75) is 17.6 Å². The first-order valence-corrected chi connectivity index (χ1v) is 6.11. The van der Waals surface area contributed by atoms with Gasteiger partial charge in [-0.15, -0.1) is 0 Å². The topological polar surface area (TPSA) is 41.1 Å². The van der Waals surface area contributed by atoms with E-state index in [4.69, 9.17) is 4.74 Å². The van der Waals surface area contributed by atoms with Gasteiger partial charge in [-0.3, -0.25) is 0 Å². The molecular weight excluding hydrogens is 229 g/mol. The van der Waals surface area contributed by atoms with Crippen molar-refractivity contribution < 1.29 is 9.13 Å². The maximum Gasteiger partial charge on any atom is 0.146 e. The molecule has 0 aliphatic carbocycles. The lowest BCUT2D eigenvalue weighted by Gasteiger charge is -2.29. The first kappa shape index (κ1) is 10.2. The molecule has 0 bridgehead atoms. The number of alkyl halides is 1. The third-order valence-corrected chi connectivity index (χ3v) is 3.83. The molecule has 16 heavy (non-hydrogen) atoms. The lowest BCUT2D eigenvalue weighted by molar-refractivity contribution is 0.164. The quantitative estimate of drug-likeness (QED) is 0.855. The van der Waals surface area contributed by atoms with E-state index < -0.39 is 6.17 Å². The number of aromatic amines is 1. The van der Waals surface area contributed by atoms with Gasteiger partial charge in [0.15, 0.2) is 0 Å². The van der Waals surface area contributed by atoms with Gasteiger partial charge < -0.3 is 14.6 Å². The zero-order chi connectivity index (χ0) is 11.0. The predicted octanol–water partition coefficient (Wildman–Crippen LogP) is 1.67. The van der Waals surface area contributed by atoms with Gasteiger partial charge in [0, 0.05) is 18.6 Å². The molecule has 0 spiro atoms. The Kier molecular flexibility index (Phi) is 2.61. The zero-order valence-corrected chi connectivity index (χ0v) is 9.36. The molecule has 3 atom stereocenters. The monoisotopic (exact) mass is 241 g/mol. The van der Waals surface area contributed by atoms with E-state index in [1.54, 1.807) is 24.2 Å². The molecular formula is C10H12FN3OS. The highest BCUT2D eigenvalue weighted by Gasteiger charge is 2.38. The molecule has 4 nitrogen and oxygen atoms in total. The summed E-state index contributed by atoms with van der Waals surface area (Å²) in [5.41, 5.74) is 0. The van der Waals surface area contributed by atoms with Crippen molar-refractivity contribution in [3.8, 4) is 0 Å². The number of nitrogens with zero attached hydrogens (tertiary/aromatic N) is 2. The number of thioether (sulfide) groups is 1. The van der Waals surface area contributed by atoms with Crippen LogP contribution >= 0.6 is 11.8 Å². The molecule has 3 heterocycles. The van der Waals surface area contributed by atoms with Crippen molar-refractivity contribution in [3.05, 3.63) is 29.8 Å². The van der Waals surface area contributed by atoms with Crippen LogP contribution in [0.2, 0.25) is 0 Å². The Balaban J connectivity index is 1.81. The highest BCUT2D eigenvalue weighted by Crippen LogP contribution is 2.40. The van der Waals surface area contributed by atoms with Crippen LogP contribution in [0.5, 0.6) is 0 Å². The molecule has 0 amide bonds. The van der Waals surface area contributed by atoms with E-state index >= 15 is 0 Å². The van der Waals surface area contributed by atoms with Crippen LogP contribution in [0.4, 0.5) is 4.39 Å². The van der Waals surface area contributed by atoms with E-state index in [9.17, 15) is 4.39 Å². The van der Waals surface area contributed by atoms with Crippen LogP contribution in [0.1, 0.15) is 11.2 Å². The Labute approximate surface area is 96.9 Å². The number of imidazole rings is 1. The molecule has 1 fully saturated rings. The highest BCUT2D eigenvalue weighted by molar-refractivity contribution is 8.02. The lowest BCUT2D eigenvalue weighted by Crippen LogP contribution is -2.38. The maximum atomic E-state index is 13.6. The average molecular weight is 241 g/mol. The molecule has 1 N–H and O–H groups in total. The summed E-state index contributed by atoms with van der Waals surface area (Å²) in [4.78, 5) is 9.28. The summed E-state index contributed by atoms with van der Waals surface area (Å²) in [6, 6.07) is -0.193. The normalized spacial score (nSPS) is 33.8. The fourth-order valence-electron chi connectivity index (χ4n) is 2.02. The first-order valence-electron chi connectivity index (χ1n) is 5.17. The van der Waals surface area contributed by atoms with Crippen LogP contribution < -0.4 is 0 Å². The zero-order valence-electron chi connectivity index (χ0n) is 8.54. The Morgan fingerprint density at radius 1 is 1.56 bits per heavy atom. The van der Waals surface area contributed by atoms with Gasteiger partial charge in [-0.25, -0.2) is 9.37 Å². The van der Waals surface area contributed by atoms with E-state index in [1.165, 1.54) is 0 Å². The number of hydrogen-bond acceptors (Lipinski definition) is 4. The number of ether oxygens (including phenoxy) is 1. The van der Waals surface area contributed by atoms with Crippen LogP contribution in [-0.4, -0.2) is 40.3 Å². The second-order valence-corrected chi connectivity index (χ2v) is 4.81. The molecule has 6 heteroatoms. The SMILES string of the molecule is F[C@@H]1COC[C@@H]1N1C=CSC1c1ncc[nH]1. The largest absolute Gasteiger partial charge is 0.376 e. The van der Waals surface area contributed by atoms with Crippen molar-refractivity contribution in [2.75, 3.05) is 13.2 Å². The van der Waals surface area contributed by atoms with Crippen molar-refractivity contribution in [3.63, 3.8) is 0 Å². The molecule has 86 valence electrons. The summed E-state index contributed by atoms with van der Waals surface area (Å²) in [7, 11) is 0. The van der Waals surface area contributed by atoms with E-state index in [0.29, 0.717) is 6.61 Å². The molecule has 0 aromatic carbocycles. The van der Waals surface area contributed by atoms with Gasteiger partial charge in [0.2, 0.25) is 0 Å². The van der Waals surface area contributed by atoms with Crippen LogP contribution in [0.25, 0.3) is 0 Å². The van der Waals surface area contributed by atoms with Gasteiger partial charge in [-0.05, 0) is 5.41 Å². The number of halogens is 1. The fourth-order valence-corrected chi connectivity index (χ4v) is 3.01. The van der Waals surface area contributed by atoms with Crippen LogP contribution in [0.3, 0.4) is 0 Å². The summed E-state index contributed by atoms with van der Waals surface area (Å²) in [5, 5.41) is 2.01. The van der Waals surface area contributed by atoms with E-state index in [0.717, 1.165) is 5.82 Å². The number of aromatic nitrogens is 2. The van der Waals surface area contributed by atoms with Gasteiger partial charge in [0.05, 0.1) is 19.3 Å². The molecule has 2 aliphatic heterocycles. The molecule has 1 unspecified atom stereocenters. The van der Waals surface area contributed by atoms with Crippen molar-refractivity contribution >= 4 is 11.8 Å². The van der Waals surface area contributed by atoms with Gasteiger partial charge in [0.1, 0.15) is 17.4 Å². The summed E-state index contributed by atoms with van der Waals surface area (Å²) in [6.07, 6.45) is 4.50. The van der Waals surface area contributed by atoms with Gasteiger partial charge >= 0.3 is 0 Å². The van der Waals surface area contributed by atoms with E-state index in [-0.39, 0.29) is 18.0 Å². The summed E-state index contributed by atoms with van der Waals surface area (Å²) in [5.74, 6) is 0.856. The highest BCUT2D eigenvalue weighted by atomic mass is 32.2. The Bertz CT molecular complexity index is 383. The molecule has 1 aromatic rings. The Hall–Kier alpha value is -1.01. The van der Waals surface area contributed by atoms with Gasteiger partial charge in [0.25, 0.3) is 0 Å². The molecule has 3 rings (SSSR count). The molecule has 0 radical (unpaired) electrons. The van der Waals surface area contributed by atoms with Gasteiger partial charge in [-0.1, -0.05) is 11.8 Å². The molecule has 2 aliphatic rings. The fraction of sp³-hybridized carbons (Fsp3) is 0.500. The third kappa shape index (κ3) is 1.62. The molecule has 1 aromatic heterocycles. The van der Waals surface area contributed by atoms with Crippen LogP contribution in [0.15, 0.2) is 24.0 Å². The van der Waals surface area contributed by atoms with E-state index in [1.807, 2.05) is 16.5 Å².